The van der Waals surface area contributed by atoms with E-state index in [1.54, 1.807) is 37.6 Å². The molecule has 16 nitrogen and oxygen atoms in total. The highest BCUT2D eigenvalue weighted by molar-refractivity contribution is 6.23. The lowest BCUT2D eigenvalue weighted by atomic mass is 9.94. The SMILES string of the molecule is COc1cc2c(Oc3ccc(NC(=O)C4(C(=O)Nc5ccc(F)cc5)CC4)cc3)ccnc2cc1N1CCC(CN2CCC(N3CCN(c4cc5c(cc4F)C(=O)N(C4CCCNC4=O)C5=O)CC3)CC2)CC1. The molecular weight excluding hydrogens is 937 g/mol. The number of fused-ring (bicyclic) bond motifs is 2. The summed E-state index contributed by atoms with van der Waals surface area (Å²) in [5, 5.41) is 9.13. The lowest BCUT2D eigenvalue weighted by Crippen LogP contribution is -2.54. The summed E-state index contributed by atoms with van der Waals surface area (Å²) in [4.78, 5) is 80.6. The van der Waals surface area contributed by atoms with Gasteiger partial charge in [0.15, 0.2) is 0 Å². The molecule has 1 atom stereocenters. The second-order valence-corrected chi connectivity index (χ2v) is 20.2. The van der Waals surface area contributed by atoms with Gasteiger partial charge in [-0.2, -0.15) is 0 Å². The second-order valence-electron chi connectivity index (χ2n) is 20.2. The summed E-state index contributed by atoms with van der Waals surface area (Å²) in [5.41, 5.74) is 2.08. The Morgan fingerprint density at radius 1 is 0.726 bits per heavy atom. The van der Waals surface area contributed by atoms with Crippen molar-refractivity contribution in [2.75, 3.05) is 93.0 Å². The van der Waals surface area contributed by atoms with Crippen LogP contribution in [-0.4, -0.2) is 134 Å². The van der Waals surface area contributed by atoms with Crippen LogP contribution in [0.5, 0.6) is 17.2 Å². The number of likely N-dealkylation sites (tertiary alicyclic amines) is 1. The summed E-state index contributed by atoms with van der Waals surface area (Å²) >= 11 is 0. The van der Waals surface area contributed by atoms with Crippen molar-refractivity contribution in [1.82, 2.24) is 25.0 Å². The molecule has 1 unspecified atom stereocenters. The summed E-state index contributed by atoms with van der Waals surface area (Å²) < 4.78 is 41.3. The summed E-state index contributed by atoms with van der Waals surface area (Å²) in [6, 6.07) is 20.6. The number of pyridine rings is 1. The number of carbonyl (C=O) groups excluding carboxylic acids is 5. The fraction of sp³-hybridized carbons (Fsp3) is 0.418. The zero-order valence-electron chi connectivity index (χ0n) is 40.8. The van der Waals surface area contributed by atoms with Gasteiger partial charge in [-0.3, -0.25) is 38.8 Å². The molecule has 1 aliphatic carbocycles. The number of carbonyl (C=O) groups is 5. The van der Waals surface area contributed by atoms with Gasteiger partial charge in [-0.25, -0.2) is 8.78 Å². The second kappa shape index (κ2) is 20.0. The van der Waals surface area contributed by atoms with Crippen LogP contribution in [0.4, 0.5) is 31.5 Å². The van der Waals surface area contributed by atoms with E-state index < -0.39 is 46.7 Å². The molecule has 11 rings (SSSR count). The molecular formula is C55H59F2N9O7. The van der Waals surface area contributed by atoms with E-state index in [0.717, 1.165) is 98.7 Å². The maximum absolute atomic E-state index is 15.6. The molecule has 6 heterocycles. The largest absolute Gasteiger partial charge is 0.495 e. The van der Waals surface area contributed by atoms with Crippen molar-refractivity contribution >= 4 is 63.2 Å². The van der Waals surface area contributed by atoms with Crippen molar-refractivity contribution in [3.8, 4) is 17.2 Å². The molecule has 0 spiro atoms. The van der Waals surface area contributed by atoms with Gasteiger partial charge in [0.05, 0.1) is 35.1 Å². The van der Waals surface area contributed by atoms with Gasteiger partial charge < -0.3 is 40.1 Å². The first-order valence-corrected chi connectivity index (χ1v) is 25.5. The van der Waals surface area contributed by atoms with E-state index in [2.05, 4.69) is 36.7 Å². The minimum Gasteiger partial charge on any atom is -0.495 e. The lowest BCUT2D eigenvalue weighted by Gasteiger charge is -2.44. The Balaban J connectivity index is 0.641. The number of amides is 5. The highest BCUT2D eigenvalue weighted by Crippen LogP contribution is 2.48. The Bertz CT molecular complexity index is 2950. The van der Waals surface area contributed by atoms with Crippen molar-refractivity contribution in [2.24, 2.45) is 11.3 Å². The molecule has 1 saturated carbocycles. The van der Waals surface area contributed by atoms with Crippen LogP contribution in [0.3, 0.4) is 0 Å². The maximum Gasteiger partial charge on any atom is 0.262 e. The number of nitrogens with one attached hydrogen (secondary N) is 3. The highest BCUT2D eigenvalue weighted by atomic mass is 19.1. The van der Waals surface area contributed by atoms with Gasteiger partial charge in [-0.05, 0) is 149 Å². The number of hydrogen-bond donors (Lipinski definition) is 3. The predicted molar refractivity (Wildman–Crippen MR) is 271 cm³/mol. The van der Waals surface area contributed by atoms with E-state index in [1.165, 1.54) is 36.4 Å². The Kier molecular flexibility index (Phi) is 13.2. The van der Waals surface area contributed by atoms with Gasteiger partial charge in [0.25, 0.3) is 11.8 Å². The van der Waals surface area contributed by atoms with Crippen molar-refractivity contribution < 1.29 is 42.2 Å². The number of ether oxygens (including phenoxy) is 2. The van der Waals surface area contributed by atoms with Crippen LogP contribution >= 0.6 is 0 Å². The lowest BCUT2D eigenvalue weighted by molar-refractivity contribution is -0.131. The topological polar surface area (TPSA) is 169 Å². The first kappa shape index (κ1) is 48.1. The summed E-state index contributed by atoms with van der Waals surface area (Å²) in [6.07, 6.45) is 7.92. The number of nitrogens with zero attached hydrogens (tertiary/aromatic N) is 6. The number of aromatic nitrogens is 1. The van der Waals surface area contributed by atoms with Crippen LogP contribution in [0.2, 0.25) is 0 Å². The minimum atomic E-state index is -1.17. The van der Waals surface area contributed by atoms with Gasteiger partial charge in [0.2, 0.25) is 17.7 Å². The number of piperazine rings is 1. The number of imide groups is 1. The van der Waals surface area contributed by atoms with Gasteiger partial charge in [-0.15, -0.1) is 0 Å². The number of anilines is 4. The van der Waals surface area contributed by atoms with Crippen LogP contribution < -0.4 is 35.2 Å². The first-order chi connectivity index (χ1) is 35.4. The number of methoxy groups -OCH3 is 1. The molecule has 0 bridgehead atoms. The van der Waals surface area contributed by atoms with Crippen molar-refractivity contribution in [2.45, 2.75) is 63.5 Å². The average molecular weight is 996 g/mol. The van der Waals surface area contributed by atoms with E-state index >= 15 is 4.39 Å². The highest BCUT2D eigenvalue weighted by Gasteiger charge is 2.56. The predicted octanol–water partition coefficient (Wildman–Crippen LogP) is 7.05. The fourth-order valence-corrected chi connectivity index (χ4v) is 11.4. The van der Waals surface area contributed by atoms with E-state index in [4.69, 9.17) is 14.5 Å². The van der Waals surface area contributed by atoms with Gasteiger partial charge in [0.1, 0.15) is 40.3 Å². The molecule has 5 amide bonds. The molecule has 18 heteroatoms. The summed E-state index contributed by atoms with van der Waals surface area (Å²) in [7, 11) is 1.68. The minimum absolute atomic E-state index is 0.0266. The molecule has 73 heavy (non-hydrogen) atoms. The van der Waals surface area contributed by atoms with Crippen molar-refractivity contribution in [3.63, 3.8) is 0 Å². The average Bonchev–Trinajstić information content (AvgIpc) is 4.20. The van der Waals surface area contributed by atoms with Gasteiger partial charge >= 0.3 is 0 Å². The van der Waals surface area contributed by atoms with Crippen LogP contribution in [0, 0.1) is 23.0 Å². The smallest absolute Gasteiger partial charge is 0.262 e. The van der Waals surface area contributed by atoms with E-state index in [1.807, 2.05) is 17.0 Å². The maximum atomic E-state index is 15.6. The zero-order valence-corrected chi connectivity index (χ0v) is 40.8. The standard InChI is InChI=1S/C55H59F2N9O7/c1-72-49-31-42-44(58-20-12-48(42)73-39-10-8-37(9-11-39)61-54(71)55(17-18-55)53(70)60-36-6-4-35(56)5-7-36)32-47(49)64-23-13-34(14-24-64)33-62-21-15-38(16-22-62)63-25-27-65(28-26-63)46-30-41-40(29-43(46)57)51(68)66(52(41)69)45-3-2-19-59-50(45)67/h4-12,20,29-32,34,38,45H,2-3,13-19,21-28,33H2,1H3,(H,59,67)(H,60,70)(H,61,71). The quantitative estimate of drug-likeness (QED) is 0.0814. The van der Waals surface area contributed by atoms with E-state index in [0.29, 0.717) is 85.8 Å². The molecule has 0 radical (unpaired) electrons. The monoisotopic (exact) mass is 995 g/mol. The molecule has 5 aliphatic heterocycles. The number of benzene rings is 4. The molecule has 3 N–H and O–H groups in total. The Morgan fingerprint density at radius 3 is 2.01 bits per heavy atom. The number of rotatable bonds is 13. The first-order valence-electron chi connectivity index (χ1n) is 25.5. The number of halogens is 2. The summed E-state index contributed by atoms with van der Waals surface area (Å²) in [6.45, 7) is 8.25. The Hall–Kier alpha value is -7.18. The van der Waals surface area contributed by atoms with Crippen molar-refractivity contribution in [1.29, 1.82) is 0 Å². The number of piperidine rings is 3. The third-order valence-corrected chi connectivity index (χ3v) is 15.8. The molecule has 4 aromatic carbocycles. The van der Waals surface area contributed by atoms with Gasteiger partial charge in [-0.1, -0.05) is 0 Å². The summed E-state index contributed by atoms with van der Waals surface area (Å²) in [5.74, 6) is -0.748. The Morgan fingerprint density at radius 2 is 1.37 bits per heavy atom. The normalized spacial score (nSPS) is 20.7. The van der Waals surface area contributed by atoms with E-state index in [-0.39, 0.29) is 17.0 Å². The molecule has 380 valence electrons. The molecule has 4 saturated heterocycles. The van der Waals surface area contributed by atoms with E-state index in [9.17, 15) is 28.4 Å². The third-order valence-electron chi connectivity index (χ3n) is 15.8. The van der Waals surface area contributed by atoms with Crippen LogP contribution in [-0.2, 0) is 14.4 Å². The molecule has 6 aliphatic rings. The fourth-order valence-electron chi connectivity index (χ4n) is 11.4. The molecule has 5 fully saturated rings. The van der Waals surface area contributed by atoms with Crippen LogP contribution in [0.15, 0.2) is 85.1 Å². The van der Waals surface area contributed by atoms with Gasteiger partial charge in [0, 0.05) is 81.4 Å². The third kappa shape index (κ3) is 9.65. The number of hydrogen-bond acceptors (Lipinski definition) is 12. The van der Waals surface area contributed by atoms with Crippen LogP contribution in [0.25, 0.3) is 10.9 Å². The molecule has 1 aromatic heterocycles. The van der Waals surface area contributed by atoms with Crippen molar-refractivity contribution in [3.05, 3.63) is 108 Å². The van der Waals surface area contributed by atoms with Crippen LogP contribution in [0.1, 0.15) is 72.1 Å². The zero-order chi connectivity index (χ0) is 50.4. The molecule has 5 aromatic rings. The Labute approximate surface area is 422 Å².